The van der Waals surface area contributed by atoms with Gasteiger partial charge in [0.2, 0.25) is 5.91 Å². The van der Waals surface area contributed by atoms with Crippen molar-refractivity contribution in [1.82, 2.24) is 14.8 Å². The molecule has 4 N–H and O–H groups in total. The molecule has 0 spiro atoms. The number of anilines is 1. The molecular formula is C25H31F9N4O8. The Kier molecular flexibility index (Phi) is 15.6. The number of aromatic nitrogens is 1. The number of piperidine rings is 1. The molecule has 0 unspecified atom stereocenters. The highest BCUT2D eigenvalue weighted by molar-refractivity contribution is 5.93. The van der Waals surface area contributed by atoms with Gasteiger partial charge in [-0.1, -0.05) is 6.42 Å². The monoisotopic (exact) mass is 686 g/mol. The van der Waals surface area contributed by atoms with Crippen LogP contribution in [0.5, 0.6) is 0 Å². The third-order valence-electron chi connectivity index (χ3n) is 6.57. The van der Waals surface area contributed by atoms with Crippen LogP contribution in [0.3, 0.4) is 0 Å². The van der Waals surface area contributed by atoms with Crippen LogP contribution in [0.1, 0.15) is 19.3 Å². The first-order valence-electron chi connectivity index (χ1n) is 13.3. The molecule has 262 valence electrons. The molecule has 3 aliphatic rings. The fourth-order valence-electron chi connectivity index (χ4n) is 4.38. The number of carboxylic acids is 3. The van der Waals surface area contributed by atoms with Crippen molar-refractivity contribution in [3.8, 4) is 0 Å². The number of ether oxygens (including phenoxy) is 1. The molecule has 0 saturated carbocycles. The molecule has 1 aromatic rings. The summed E-state index contributed by atoms with van der Waals surface area (Å²) in [5, 5.41) is 24.4. The minimum Gasteiger partial charge on any atom is -0.475 e. The number of amides is 1. The number of nitrogens with one attached hydrogen (secondary N) is 1. The third-order valence-corrected chi connectivity index (χ3v) is 6.57. The summed E-state index contributed by atoms with van der Waals surface area (Å²) in [5.41, 5.74) is 0.760. The average molecular weight is 687 g/mol. The van der Waals surface area contributed by atoms with Crippen LogP contribution >= 0.6 is 0 Å². The molecule has 4 heterocycles. The summed E-state index contributed by atoms with van der Waals surface area (Å²) in [6.45, 7) is 7.21. The predicted molar refractivity (Wildman–Crippen MR) is 137 cm³/mol. The van der Waals surface area contributed by atoms with Gasteiger partial charge >= 0.3 is 36.4 Å². The van der Waals surface area contributed by atoms with Gasteiger partial charge in [0.1, 0.15) is 0 Å². The van der Waals surface area contributed by atoms with Crippen molar-refractivity contribution in [2.45, 2.75) is 43.9 Å². The standard InChI is InChI=1S/C19H28N4O2.3C2HF3O2/c24-19(21-15-5-4-6-20-11-15)17-14-25-18-13-23(12-16(17)18)10-9-22-7-2-1-3-8-22;3*3-2(4,5)1(6)7/h4-6,11,16-18H,1-3,7-10,12-14H2,(H,21,24);3*(H,6,7)/t16-,17+,18-;;;/m1.../s1. The van der Waals surface area contributed by atoms with Crippen LogP contribution in [0.4, 0.5) is 45.2 Å². The molecule has 1 amide bonds. The first-order valence-corrected chi connectivity index (χ1v) is 13.3. The van der Waals surface area contributed by atoms with E-state index in [1.54, 1.807) is 12.4 Å². The van der Waals surface area contributed by atoms with Gasteiger partial charge in [-0.3, -0.25) is 14.7 Å². The highest BCUT2D eigenvalue weighted by Gasteiger charge is 2.46. The Morgan fingerprint density at radius 3 is 1.72 bits per heavy atom. The molecule has 3 aliphatic heterocycles. The number of pyridine rings is 1. The number of halogens is 9. The molecule has 0 bridgehead atoms. The van der Waals surface area contributed by atoms with Crippen LogP contribution in [-0.4, -0.2) is 124 Å². The minimum atomic E-state index is -5.08. The summed E-state index contributed by atoms with van der Waals surface area (Å²) in [6, 6.07) is 3.71. The normalized spacial score (nSPS) is 21.6. The Balaban J connectivity index is 0.000000413. The number of fused-ring (bicyclic) bond motifs is 1. The molecular weight excluding hydrogens is 655 g/mol. The van der Waals surface area contributed by atoms with Gasteiger partial charge in [-0.15, -0.1) is 0 Å². The van der Waals surface area contributed by atoms with Crippen LogP contribution in [-0.2, 0) is 23.9 Å². The molecule has 4 rings (SSSR count). The largest absolute Gasteiger partial charge is 0.490 e. The van der Waals surface area contributed by atoms with E-state index in [9.17, 15) is 44.3 Å². The maximum absolute atomic E-state index is 12.6. The van der Waals surface area contributed by atoms with Crippen LogP contribution in [0.25, 0.3) is 0 Å². The maximum Gasteiger partial charge on any atom is 0.490 e. The van der Waals surface area contributed by atoms with Gasteiger partial charge < -0.3 is 30.3 Å². The van der Waals surface area contributed by atoms with Crippen molar-refractivity contribution in [3.63, 3.8) is 0 Å². The summed E-state index contributed by atoms with van der Waals surface area (Å²) in [7, 11) is 0. The van der Waals surface area contributed by atoms with E-state index in [2.05, 4.69) is 20.1 Å². The van der Waals surface area contributed by atoms with Gasteiger partial charge in [-0.25, -0.2) is 14.4 Å². The molecule has 0 aromatic carbocycles. The quantitative estimate of drug-likeness (QED) is 0.335. The highest BCUT2D eigenvalue weighted by atomic mass is 19.4. The number of rotatable bonds is 5. The molecule has 1 aromatic heterocycles. The number of aliphatic carboxylic acids is 3. The van der Waals surface area contributed by atoms with Gasteiger partial charge in [0.25, 0.3) is 0 Å². The van der Waals surface area contributed by atoms with Crippen molar-refractivity contribution < 1.29 is 78.7 Å². The SMILES string of the molecule is O=C(Nc1cccnc1)[C@H]1CO[C@@H]2CN(CCN3CCCCC3)C[C@H]12.O=C(O)C(F)(F)F.O=C(O)C(F)(F)F.O=C(O)C(F)(F)F. The molecule has 3 atom stereocenters. The zero-order valence-corrected chi connectivity index (χ0v) is 23.7. The van der Waals surface area contributed by atoms with Crippen LogP contribution < -0.4 is 5.32 Å². The van der Waals surface area contributed by atoms with Gasteiger partial charge in [0, 0.05) is 38.3 Å². The lowest BCUT2D eigenvalue weighted by atomic mass is 9.92. The summed E-state index contributed by atoms with van der Waals surface area (Å²) in [5.74, 6) is -7.94. The number of carbonyl (C=O) groups excluding carboxylic acids is 1. The van der Waals surface area contributed by atoms with E-state index in [1.165, 1.54) is 32.4 Å². The van der Waals surface area contributed by atoms with Gasteiger partial charge in [-0.2, -0.15) is 39.5 Å². The van der Waals surface area contributed by atoms with Gasteiger partial charge in [-0.05, 0) is 38.1 Å². The number of alkyl halides is 9. The summed E-state index contributed by atoms with van der Waals surface area (Å²) >= 11 is 0. The lowest BCUT2D eigenvalue weighted by Crippen LogP contribution is -2.38. The molecule has 3 saturated heterocycles. The Morgan fingerprint density at radius 2 is 1.28 bits per heavy atom. The van der Waals surface area contributed by atoms with E-state index >= 15 is 0 Å². The van der Waals surface area contributed by atoms with Crippen molar-refractivity contribution in [2.24, 2.45) is 11.8 Å². The fourth-order valence-corrected chi connectivity index (χ4v) is 4.38. The van der Waals surface area contributed by atoms with Crippen LogP contribution in [0.15, 0.2) is 24.5 Å². The van der Waals surface area contributed by atoms with E-state index in [0.717, 1.165) is 31.9 Å². The maximum atomic E-state index is 12.6. The Bertz CT molecular complexity index is 1070. The highest BCUT2D eigenvalue weighted by Crippen LogP contribution is 2.34. The van der Waals surface area contributed by atoms with E-state index in [0.29, 0.717) is 12.5 Å². The second kappa shape index (κ2) is 17.8. The van der Waals surface area contributed by atoms with Crippen molar-refractivity contribution in [1.29, 1.82) is 0 Å². The molecule has 12 nitrogen and oxygen atoms in total. The minimum absolute atomic E-state index is 0.0507. The lowest BCUT2D eigenvalue weighted by Gasteiger charge is -2.28. The topological polar surface area (TPSA) is 170 Å². The fraction of sp³-hybridized carbons (Fsp3) is 0.640. The zero-order valence-electron chi connectivity index (χ0n) is 23.7. The van der Waals surface area contributed by atoms with Gasteiger partial charge in [0.05, 0.1) is 30.5 Å². The predicted octanol–water partition coefficient (Wildman–Crippen LogP) is 3.35. The number of hydrogen-bond donors (Lipinski definition) is 4. The first kappa shape index (κ1) is 40.3. The molecule has 0 radical (unpaired) electrons. The molecule has 3 fully saturated rings. The van der Waals surface area contributed by atoms with E-state index in [1.807, 2.05) is 12.1 Å². The number of carbonyl (C=O) groups is 4. The van der Waals surface area contributed by atoms with Gasteiger partial charge in [0.15, 0.2) is 0 Å². The van der Waals surface area contributed by atoms with Crippen molar-refractivity contribution >= 4 is 29.5 Å². The van der Waals surface area contributed by atoms with E-state index in [-0.39, 0.29) is 17.9 Å². The number of carboxylic acid groups (broad SMARTS) is 3. The van der Waals surface area contributed by atoms with E-state index in [4.69, 9.17) is 34.4 Å². The zero-order chi connectivity index (χ0) is 35.3. The van der Waals surface area contributed by atoms with E-state index < -0.39 is 36.4 Å². The second-order valence-electron chi connectivity index (χ2n) is 9.94. The average Bonchev–Trinajstić information content (AvgIpc) is 3.53. The second-order valence-corrected chi connectivity index (χ2v) is 9.94. The van der Waals surface area contributed by atoms with Crippen LogP contribution in [0.2, 0.25) is 0 Å². The number of likely N-dealkylation sites (tertiary alicyclic amines) is 2. The van der Waals surface area contributed by atoms with Crippen molar-refractivity contribution in [3.05, 3.63) is 24.5 Å². The smallest absolute Gasteiger partial charge is 0.475 e. The number of nitrogens with zero attached hydrogens (tertiary/aromatic N) is 3. The number of hydrogen-bond acceptors (Lipinski definition) is 8. The Labute approximate surface area is 255 Å². The molecule has 0 aliphatic carbocycles. The Morgan fingerprint density at radius 1 is 0.804 bits per heavy atom. The summed E-state index contributed by atoms with van der Waals surface area (Å²) in [4.78, 5) is 48.4. The first-order chi connectivity index (χ1) is 21.1. The summed E-state index contributed by atoms with van der Waals surface area (Å²) in [6.07, 6.45) is -7.58. The molecule has 46 heavy (non-hydrogen) atoms. The van der Waals surface area contributed by atoms with Crippen molar-refractivity contribution in [2.75, 3.05) is 51.2 Å². The summed E-state index contributed by atoms with van der Waals surface area (Å²) < 4.78 is 101. The lowest BCUT2D eigenvalue weighted by molar-refractivity contribution is -0.193. The van der Waals surface area contributed by atoms with Crippen LogP contribution in [0, 0.1) is 11.8 Å². The molecule has 21 heteroatoms. The Hall–Kier alpha value is -3.72. The third kappa shape index (κ3) is 15.0.